The number of aromatic hydroxyl groups is 1. The van der Waals surface area contributed by atoms with E-state index >= 15 is 0 Å². The molecule has 0 fully saturated rings. The fraction of sp³-hybridized carbons (Fsp3) is 0.200. The van der Waals surface area contributed by atoms with Gasteiger partial charge >= 0.3 is 0 Å². The van der Waals surface area contributed by atoms with Gasteiger partial charge in [0.15, 0.2) is 0 Å². The summed E-state index contributed by atoms with van der Waals surface area (Å²) in [6.07, 6.45) is 0. The fourth-order valence-electron chi connectivity index (χ4n) is 1.77. The van der Waals surface area contributed by atoms with Crippen molar-refractivity contribution in [2.45, 2.75) is 19.8 Å². The van der Waals surface area contributed by atoms with Crippen LogP contribution < -0.4 is 0 Å². The molecule has 0 spiro atoms. The van der Waals surface area contributed by atoms with Crippen molar-refractivity contribution in [3.05, 3.63) is 54.1 Å². The van der Waals surface area contributed by atoms with Crippen LogP contribution in [0.1, 0.15) is 25.3 Å². The Morgan fingerprint density at radius 1 is 0.875 bits per heavy atom. The van der Waals surface area contributed by atoms with Gasteiger partial charge in [0.25, 0.3) is 0 Å². The maximum absolute atomic E-state index is 9.70. The normalized spacial score (nSPS) is 10.7. The van der Waals surface area contributed by atoms with Crippen molar-refractivity contribution in [3.8, 4) is 16.9 Å². The third kappa shape index (κ3) is 2.25. The lowest BCUT2D eigenvalue weighted by molar-refractivity contribution is 0.474. The fourth-order valence-corrected chi connectivity index (χ4v) is 1.77. The third-order valence-corrected chi connectivity index (χ3v) is 2.71. The molecule has 0 unspecified atom stereocenters. The molecule has 0 aliphatic carbocycles. The molecule has 0 heterocycles. The molecule has 2 aromatic rings. The number of phenols is 1. The second-order valence-electron chi connectivity index (χ2n) is 4.33. The second kappa shape index (κ2) is 4.40. The predicted molar refractivity (Wildman–Crippen MR) is 67.6 cm³/mol. The highest BCUT2D eigenvalue weighted by Gasteiger charge is 2.05. The van der Waals surface area contributed by atoms with Crippen LogP contribution in [-0.2, 0) is 0 Å². The molecule has 1 heteroatoms. The average molecular weight is 212 g/mol. The lowest BCUT2D eigenvalue weighted by Crippen LogP contribution is -1.88. The molecule has 1 nitrogen and oxygen atoms in total. The van der Waals surface area contributed by atoms with Crippen LogP contribution in [0.3, 0.4) is 0 Å². The van der Waals surface area contributed by atoms with Crippen molar-refractivity contribution in [3.63, 3.8) is 0 Å². The minimum atomic E-state index is 0.338. The van der Waals surface area contributed by atoms with Gasteiger partial charge in [-0.25, -0.2) is 0 Å². The highest BCUT2D eigenvalue weighted by molar-refractivity contribution is 5.66. The molecule has 16 heavy (non-hydrogen) atoms. The number of phenolic OH excluding ortho intramolecular Hbond substituents is 1. The van der Waals surface area contributed by atoms with Crippen LogP contribution in [0.15, 0.2) is 48.5 Å². The van der Waals surface area contributed by atoms with Gasteiger partial charge in [0.1, 0.15) is 5.75 Å². The minimum Gasteiger partial charge on any atom is -0.508 e. The van der Waals surface area contributed by atoms with E-state index in [2.05, 4.69) is 32.0 Å². The average Bonchev–Trinajstić information content (AvgIpc) is 2.29. The van der Waals surface area contributed by atoms with E-state index in [0.29, 0.717) is 11.7 Å². The number of benzene rings is 2. The van der Waals surface area contributed by atoms with E-state index in [9.17, 15) is 5.11 Å². The quantitative estimate of drug-likeness (QED) is 0.791. The molecule has 0 amide bonds. The summed E-state index contributed by atoms with van der Waals surface area (Å²) in [7, 11) is 0. The predicted octanol–water partition coefficient (Wildman–Crippen LogP) is 4.18. The van der Waals surface area contributed by atoms with E-state index in [-0.39, 0.29) is 0 Å². The smallest absolute Gasteiger partial charge is 0.116 e. The molecule has 0 aliphatic rings. The van der Waals surface area contributed by atoms with Crippen molar-refractivity contribution < 1.29 is 5.11 Å². The Kier molecular flexibility index (Phi) is 2.95. The first-order valence-corrected chi connectivity index (χ1v) is 5.56. The van der Waals surface area contributed by atoms with E-state index in [4.69, 9.17) is 0 Å². The highest BCUT2D eigenvalue weighted by atomic mass is 16.3. The second-order valence-corrected chi connectivity index (χ2v) is 4.33. The monoisotopic (exact) mass is 212 g/mol. The first-order valence-electron chi connectivity index (χ1n) is 5.56. The van der Waals surface area contributed by atoms with Gasteiger partial charge in [0.05, 0.1) is 0 Å². The van der Waals surface area contributed by atoms with Crippen molar-refractivity contribution in [2.24, 2.45) is 0 Å². The molecule has 0 saturated heterocycles. The van der Waals surface area contributed by atoms with Crippen LogP contribution >= 0.6 is 0 Å². The molecule has 1 N–H and O–H groups in total. The minimum absolute atomic E-state index is 0.338. The molecule has 0 radical (unpaired) electrons. The van der Waals surface area contributed by atoms with E-state index in [1.165, 1.54) is 5.56 Å². The van der Waals surface area contributed by atoms with Gasteiger partial charge in [-0.3, -0.25) is 0 Å². The Balaban J connectivity index is 2.50. The van der Waals surface area contributed by atoms with E-state index in [1.54, 1.807) is 6.07 Å². The maximum Gasteiger partial charge on any atom is 0.116 e. The molecule has 0 atom stereocenters. The van der Waals surface area contributed by atoms with Gasteiger partial charge in [-0.05, 0) is 34.7 Å². The third-order valence-electron chi connectivity index (χ3n) is 2.71. The van der Waals surface area contributed by atoms with Gasteiger partial charge in [-0.2, -0.15) is 0 Å². The topological polar surface area (TPSA) is 20.2 Å². The summed E-state index contributed by atoms with van der Waals surface area (Å²) < 4.78 is 0. The summed E-state index contributed by atoms with van der Waals surface area (Å²) in [6.45, 7) is 4.26. The lowest BCUT2D eigenvalue weighted by Gasteiger charge is -2.09. The largest absolute Gasteiger partial charge is 0.508 e. The van der Waals surface area contributed by atoms with Gasteiger partial charge < -0.3 is 5.11 Å². The first-order chi connectivity index (χ1) is 7.66. The van der Waals surface area contributed by atoms with Crippen LogP contribution in [0.4, 0.5) is 0 Å². The molecule has 0 aromatic heterocycles. The van der Waals surface area contributed by atoms with Crippen molar-refractivity contribution >= 4 is 0 Å². The van der Waals surface area contributed by atoms with Gasteiger partial charge in [-0.1, -0.05) is 50.2 Å². The summed E-state index contributed by atoms with van der Waals surface area (Å²) in [4.78, 5) is 0. The zero-order chi connectivity index (χ0) is 11.5. The van der Waals surface area contributed by atoms with Gasteiger partial charge in [-0.15, -0.1) is 0 Å². The van der Waals surface area contributed by atoms with E-state index in [1.807, 2.05) is 24.3 Å². The molecule has 2 rings (SSSR count). The zero-order valence-corrected chi connectivity index (χ0v) is 9.64. The Hall–Kier alpha value is -1.76. The number of hydrogen-bond acceptors (Lipinski definition) is 1. The summed E-state index contributed by atoms with van der Waals surface area (Å²) in [5.41, 5.74) is 3.38. The molecular formula is C15H16O. The summed E-state index contributed by atoms with van der Waals surface area (Å²) in [5, 5.41) is 9.70. The molecule has 0 saturated carbocycles. The Labute approximate surface area is 96.4 Å². The molecule has 2 aromatic carbocycles. The summed E-state index contributed by atoms with van der Waals surface area (Å²) >= 11 is 0. The zero-order valence-electron chi connectivity index (χ0n) is 9.64. The Morgan fingerprint density at radius 2 is 1.56 bits per heavy atom. The SMILES string of the molecule is CC(C)c1cc(O)cc(-c2ccccc2)c1. The number of hydrogen-bond donors (Lipinski definition) is 1. The molecule has 82 valence electrons. The summed E-state index contributed by atoms with van der Waals surface area (Å²) in [5.74, 6) is 0.764. The van der Waals surface area contributed by atoms with Crippen LogP contribution in [0.2, 0.25) is 0 Å². The number of rotatable bonds is 2. The maximum atomic E-state index is 9.70. The van der Waals surface area contributed by atoms with Gasteiger partial charge in [0, 0.05) is 0 Å². The van der Waals surface area contributed by atoms with Crippen molar-refractivity contribution in [1.82, 2.24) is 0 Å². The summed E-state index contributed by atoms with van der Waals surface area (Å²) in [6, 6.07) is 15.9. The van der Waals surface area contributed by atoms with Crippen molar-refractivity contribution in [1.29, 1.82) is 0 Å². The van der Waals surface area contributed by atoms with Gasteiger partial charge in [0.2, 0.25) is 0 Å². The molecule has 0 aliphatic heterocycles. The molecule has 0 bridgehead atoms. The van der Waals surface area contributed by atoms with Crippen LogP contribution in [0.25, 0.3) is 11.1 Å². The first kappa shape index (κ1) is 10.7. The van der Waals surface area contributed by atoms with E-state index < -0.39 is 0 Å². The standard InChI is InChI=1S/C15H16O/c1-11(2)13-8-14(10-15(16)9-13)12-6-4-3-5-7-12/h3-11,16H,1-2H3. The Bertz CT molecular complexity index is 472. The van der Waals surface area contributed by atoms with Crippen LogP contribution in [0.5, 0.6) is 5.75 Å². The highest BCUT2D eigenvalue weighted by Crippen LogP contribution is 2.28. The lowest BCUT2D eigenvalue weighted by atomic mass is 9.97. The molecular weight excluding hydrogens is 196 g/mol. The van der Waals surface area contributed by atoms with Crippen LogP contribution in [0, 0.1) is 0 Å². The van der Waals surface area contributed by atoms with Crippen molar-refractivity contribution in [2.75, 3.05) is 0 Å². The van der Waals surface area contributed by atoms with E-state index in [0.717, 1.165) is 11.1 Å². The van der Waals surface area contributed by atoms with Crippen LogP contribution in [-0.4, -0.2) is 5.11 Å². The Morgan fingerprint density at radius 3 is 2.19 bits per heavy atom.